The number of amides is 2. The molecule has 1 N–H and O–H groups in total. The average Bonchev–Trinajstić information content (AvgIpc) is 2.90. The topological polar surface area (TPSA) is 86.8 Å². The third kappa shape index (κ3) is 8.32. The van der Waals surface area contributed by atoms with Crippen LogP contribution in [0.1, 0.15) is 42.5 Å². The maximum absolute atomic E-state index is 14.2. The van der Waals surface area contributed by atoms with Crippen LogP contribution >= 0.6 is 11.6 Å². The van der Waals surface area contributed by atoms with Crippen molar-refractivity contribution in [2.75, 3.05) is 17.1 Å². The molecule has 3 rings (SSSR count). The second-order valence-electron chi connectivity index (χ2n) is 10.2. The van der Waals surface area contributed by atoms with E-state index in [0.29, 0.717) is 16.3 Å². The molecule has 2 amide bonds. The Morgan fingerprint density at radius 2 is 1.62 bits per heavy atom. The van der Waals surface area contributed by atoms with Gasteiger partial charge in [-0.05, 0) is 56.0 Å². The lowest BCUT2D eigenvalue weighted by Crippen LogP contribution is -2.54. The van der Waals surface area contributed by atoms with E-state index in [9.17, 15) is 18.0 Å². The SMILES string of the molecule is CC[C@@H](C)NC(=O)[C@H](Cc1ccccc1)N(Cc1ccccc1Cl)C(=O)CN(c1ccc(C)cc1C)S(C)(=O)=O. The molecule has 214 valence electrons. The molecule has 0 fully saturated rings. The van der Waals surface area contributed by atoms with Crippen LogP contribution in [0.5, 0.6) is 0 Å². The predicted octanol–water partition coefficient (Wildman–Crippen LogP) is 5.28. The number of sulfonamides is 1. The summed E-state index contributed by atoms with van der Waals surface area (Å²) in [6.45, 7) is 7.18. The first-order valence-corrected chi connectivity index (χ1v) is 15.6. The van der Waals surface area contributed by atoms with E-state index in [4.69, 9.17) is 11.6 Å². The third-order valence-electron chi connectivity index (χ3n) is 6.87. The summed E-state index contributed by atoms with van der Waals surface area (Å²) in [6, 6.07) is 21.0. The molecule has 0 aliphatic rings. The van der Waals surface area contributed by atoms with Crippen LogP contribution in [-0.2, 0) is 32.6 Å². The summed E-state index contributed by atoms with van der Waals surface area (Å²) >= 11 is 6.49. The number of nitrogens with one attached hydrogen (secondary N) is 1. The van der Waals surface area contributed by atoms with Crippen molar-refractivity contribution in [1.82, 2.24) is 10.2 Å². The largest absolute Gasteiger partial charge is 0.352 e. The Hall–Kier alpha value is -3.36. The molecule has 0 saturated carbocycles. The highest BCUT2D eigenvalue weighted by Crippen LogP contribution is 2.25. The number of aryl methyl sites for hydroxylation is 2. The number of hydrogen-bond acceptors (Lipinski definition) is 4. The summed E-state index contributed by atoms with van der Waals surface area (Å²) in [5.74, 6) is -0.818. The fraction of sp³-hybridized carbons (Fsp3) is 0.355. The van der Waals surface area contributed by atoms with E-state index in [1.807, 2.05) is 76.2 Å². The Bertz CT molecular complexity index is 1430. The molecular formula is C31H38ClN3O4S. The van der Waals surface area contributed by atoms with Gasteiger partial charge in [-0.3, -0.25) is 13.9 Å². The van der Waals surface area contributed by atoms with Gasteiger partial charge in [0.2, 0.25) is 21.8 Å². The molecule has 0 aliphatic carbocycles. The smallest absolute Gasteiger partial charge is 0.244 e. The number of carbonyl (C=O) groups excluding carboxylic acids is 2. The van der Waals surface area contributed by atoms with Gasteiger partial charge in [0, 0.05) is 24.0 Å². The lowest BCUT2D eigenvalue weighted by molar-refractivity contribution is -0.140. The fourth-order valence-electron chi connectivity index (χ4n) is 4.49. The summed E-state index contributed by atoms with van der Waals surface area (Å²) < 4.78 is 27.1. The van der Waals surface area contributed by atoms with Crippen LogP contribution in [0.4, 0.5) is 5.69 Å². The first kappa shape index (κ1) is 31.2. The van der Waals surface area contributed by atoms with Crippen LogP contribution < -0.4 is 9.62 Å². The Balaban J connectivity index is 2.09. The van der Waals surface area contributed by atoms with E-state index in [2.05, 4.69) is 5.32 Å². The molecule has 9 heteroatoms. The monoisotopic (exact) mass is 583 g/mol. The molecule has 40 heavy (non-hydrogen) atoms. The molecule has 0 heterocycles. The molecule has 0 aliphatic heterocycles. The quantitative estimate of drug-likeness (QED) is 0.314. The van der Waals surface area contributed by atoms with E-state index in [-0.39, 0.29) is 24.9 Å². The Morgan fingerprint density at radius 3 is 2.23 bits per heavy atom. The Morgan fingerprint density at radius 1 is 0.975 bits per heavy atom. The first-order chi connectivity index (χ1) is 18.9. The van der Waals surface area contributed by atoms with Gasteiger partial charge in [0.05, 0.1) is 11.9 Å². The second kappa shape index (κ2) is 13.8. The molecule has 0 radical (unpaired) electrons. The fourth-order valence-corrected chi connectivity index (χ4v) is 5.59. The van der Waals surface area contributed by atoms with E-state index in [1.165, 1.54) is 4.90 Å². The molecule has 0 spiro atoms. The van der Waals surface area contributed by atoms with Crippen molar-refractivity contribution in [1.29, 1.82) is 0 Å². The van der Waals surface area contributed by atoms with Gasteiger partial charge in [-0.2, -0.15) is 0 Å². The van der Waals surface area contributed by atoms with Crippen LogP contribution in [0.3, 0.4) is 0 Å². The minimum Gasteiger partial charge on any atom is -0.352 e. The molecule has 2 atom stereocenters. The van der Waals surface area contributed by atoms with E-state index in [0.717, 1.165) is 33.7 Å². The zero-order valence-electron chi connectivity index (χ0n) is 23.7. The summed E-state index contributed by atoms with van der Waals surface area (Å²) in [5.41, 5.74) is 3.66. The lowest BCUT2D eigenvalue weighted by Gasteiger charge is -2.34. The molecule has 0 saturated heterocycles. The van der Waals surface area contributed by atoms with Crippen LogP contribution in [0.25, 0.3) is 0 Å². The van der Waals surface area contributed by atoms with Gasteiger partial charge >= 0.3 is 0 Å². The molecule has 3 aromatic rings. The second-order valence-corrected chi connectivity index (χ2v) is 12.5. The predicted molar refractivity (Wildman–Crippen MR) is 162 cm³/mol. The summed E-state index contributed by atoms with van der Waals surface area (Å²) in [7, 11) is -3.83. The number of halogens is 1. The van der Waals surface area contributed by atoms with E-state index < -0.39 is 28.5 Å². The molecule has 3 aromatic carbocycles. The van der Waals surface area contributed by atoms with Gasteiger partial charge in [-0.25, -0.2) is 8.42 Å². The molecule has 0 aromatic heterocycles. The Kier molecular flexibility index (Phi) is 10.8. The number of rotatable bonds is 12. The van der Waals surface area contributed by atoms with Crippen molar-refractivity contribution in [3.8, 4) is 0 Å². The number of benzene rings is 3. The highest BCUT2D eigenvalue weighted by Gasteiger charge is 2.34. The molecule has 7 nitrogen and oxygen atoms in total. The van der Waals surface area contributed by atoms with Gasteiger partial charge in [0.15, 0.2) is 0 Å². The van der Waals surface area contributed by atoms with Gasteiger partial charge in [0.25, 0.3) is 0 Å². The minimum atomic E-state index is -3.83. The molecule has 0 unspecified atom stereocenters. The molecule has 0 bridgehead atoms. The number of nitrogens with zero attached hydrogens (tertiary/aromatic N) is 2. The van der Waals surface area contributed by atoms with Crippen LogP contribution in [-0.4, -0.2) is 50.0 Å². The zero-order valence-corrected chi connectivity index (χ0v) is 25.3. The van der Waals surface area contributed by atoms with Crippen LogP contribution in [0, 0.1) is 13.8 Å². The highest BCUT2D eigenvalue weighted by molar-refractivity contribution is 7.92. The zero-order chi connectivity index (χ0) is 29.4. The van der Waals surface area contributed by atoms with Crippen molar-refractivity contribution >= 4 is 39.1 Å². The van der Waals surface area contributed by atoms with Gasteiger partial charge in [-0.15, -0.1) is 0 Å². The van der Waals surface area contributed by atoms with Gasteiger partial charge in [0.1, 0.15) is 12.6 Å². The maximum Gasteiger partial charge on any atom is 0.244 e. The Labute approximate surface area is 243 Å². The summed E-state index contributed by atoms with van der Waals surface area (Å²) in [4.78, 5) is 29.3. The average molecular weight is 584 g/mol. The minimum absolute atomic E-state index is 0.0361. The summed E-state index contributed by atoms with van der Waals surface area (Å²) in [6.07, 6.45) is 2.05. The lowest BCUT2D eigenvalue weighted by atomic mass is 10.0. The first-order valence-electron chi connectivity index (χ1n) is 13.3. The molecular weight excluding hydrogens is 546 g/mol. The van der Waals surface area contributed by atoms with Crippen molar-refractivity contribution in [3.05, 3.63) is 100 Å². The van der Waals surface area contributed by atoms with Crippen molar-refractivity contribution in [3.63, 3.8) is 0 Å². The summed E-state index contributed by atoms with van der Waals surface area (Å²) in [5, 5.41) is 3.47. The third-order valence-corrected chi connectivity index (χ3v) is 8.37. The van der Waals surface area contributed by atoms with Crippen molar-refractivity contribution in [2.45, 2.75) is 59.2 Å². The van der Waals surface area contributed by atoms with Crippen LogP contribution in [0.15, 0.2) is 72.8 Å². The van der Waals surface area contributed by atoms with Crippen molar-refractivity contribution < 1.29 is 18.0 Å². The number of hydrogen-bond donors (Lipinski definition) is 1. The number of anilines is 1. The number of carbonyl (C=O) groups is 2. The van der Waals surface area contributed by atoms with E-state index >= 15 is 0 Å². The standard InChI is InChI=1S/C31H38ClN3O4S/c1-6-24(4)33-31(37)29(19-25-12-8-7-9-13-25)34(20-26-14-10-11-15-27(26)32)30(36)21-35(40(5,38)39)28-17-16-22(2)18-23(28)3/h7-18,24,29H,6,19-21H2,1-5H3,(H,33,37)/t24-,29+/m1/s1. The highest BCUT2D eigenvalue weighted by atomic mass is 35.5. The normalized spacial score (nSPS) is 12.8. The van der Waals surface area contributed by atoms with E-state index in [1.54, 1.807) is 24.3 Å². The van der Waals surface area contributed by atoms with Gasteiger partial charge < -0.3 is 10.2 Å². The van der Waals surface area contributed by atoms with Crippen LogP contribution in [0.2, 0.25) is 5.02 Å². The van der Waals surface area contributed by atoms with Crippen molar-refractivity contribution in [2.24, 2.45) is 0 Å². The maximum atomic E-state index is 14.2. The van der Waals surface area contributed by atoms with Gasteiger partial charge in [-0.1, -0.05) is 84.8 Å².